The maximum absolute atomic E-state index is 12.7. The molecular formula is C31H48N6O7S. The van der Waals surface area contributed by atoms with Gasteiger partial charge in [-0.05, 0) is 56.2 Å². The number of nitrogens with zero attached hydrogens (tertiary/aromatic N) is 2. The molecule has 6 N–H and O–H groups in total. The summed E-state index contributed by atoms with van der Waals surface area (Å²) in [5.74, 6) is -0.320. The van der Waals surface area contributed by atoms with E-state index >= 15 is 0 Å². The lowest BCUT2D eigenvalue weighted by Crippen LogP contribution is -2.39. The molecule has 250 valence electrons. The topological polar surface area (TPSA) is 203 Å². The van der Waals surface area contributed by atoms with Crippen LogP contribution in [0.5, 0.6) is 5.75 Å². The summed E-state index contributed by atoms with van der Waals surface area (Å²) in [7, 11) is -1.56. The van der Waals surface area contributed by atoms with Crippen molar-refractivity contribution in [1.29, 1.82) is 0 Å². The van der Waals surface area contributed by atoms with Crippen molar-refractivity contribution in [3.05, 3.63) is 40.6 Å². The number of carboxylic acids is 1. The molecule has 1 aromatic carbocycles. The highest BCUT2D eigenvalue weighted by molar-refractivity contribution is 7.90. The number of carbonyl (C=O) groups excluding carboxylic acids is 2. The fourth-order valence-electron chi connectivity index (χ4n) is 4.96. The summed E-state index contributed by atoms with van der Waals surface area (Å²) >= 11 is 0. The molecule has 0 saturated heterocycles. The summed E-state index contributed by atoms with van der Waals surface area (Å²) in [5, 5.41) is 17.9. The Bertz CT molecular complexity index is 1420. The van der Waals surface area contributed by atoms with Gasteiger partial charge in [-0.2, -0.15) is 4.98 Å². The van der Waals surface area contributed by atoms with Crippen LogP contribution in [0.3, 0.4) is 0 Å². The van der Waals surface area contributed by atoms with Crippen LogP contribution in [-0.4, -0.2) is 79.0 Å². The van der Waals surface area contributed by atoms with Crippen LogP contribution in [0.25, 0.3) is 0 Å². The Kier molecular flexibility index (Phi) is 15.0. The van der Waals surface area contributed by atoms with Gasteiger partial charge < -0.3 is 31.5 Å². The summed E-state index contributed by atoms with van der Waals surface area (Å²) < 4.78 is 29.4. The van der Waals surface area contributed by atoms with Crippen molar-refractivity contribution in [2.75, 3.05) is 36.7 Å². The molecule has 2 rings (SSSR count). The number of hydrogen-bond donors (Lipinski definition) is 5. The van der Waals surface area contributed by atoms with Gasteiger partial charge in [-0.1, -0.05) is 31.9 Å². The number of unbranched alkanes of at least 4 members (excludes halogenated alkanes) is 2. The Labute approximate surface area is 266 Å². The van der Waals surface area contributed by atoms with Crippen LogP contribution in [0.1, 0.15) is 81.2 Å². The number of methoxy groups -OCH3 is 1. The molecule has 0 aliphatic heterocycles. The molecule has 0 radical (unpaired) electrons. The lowest BCUT2D eigenvalue weighted by molar-refractivity contribution is -0.141. The molecule has 1 heterocycles. The van der Waals surface area contributed by atoms with Gasteiger partial charge in [0.05, 0.1) is 19.3 Å². The first-order valence-electron chi connectivity index (χ1n) is 15.2. The number of amides is 2. The van der Waals surface area contributed by atoms with Crippen molar-refractivity contribution in [3.63, 3.8) is 0 Å². The molecule has 13 nitrogen and oxygen atoms in total. The van der Waals surface area contributed by atoms with Gasteiger partial charge >= 0.3 is 5.97 Å². The molecule has 14 heteroatoms. The third-order valence-corrected chi connectivity index (χ3v) is 8.29. The number of aromatic nitrogens is 2. The van der Waals surface area contributed by atoms with E-state index in [-0.39, 0.29) is 36.5 Å². The quantitative estimate of drug-likeness (QED) is 0.132. The number of ether oxygens (including phenoxy) is 1. The molecule has 0 saturated carbocycles. The van der Waals surface area contributed by atoms with E-state index in [4.69, 9.17) is 10.5 Å². The van der Waals surface area contributed by atoms with Crippen LogP contribution >= 0.6 is 0 Å². The third-order valence-electron chi connectivity index (χ3n) is 7.31. The van der Waals surface area contributed by atoms with Gasteiger partial charge in [-0.25, -0.2) is 18.2 Å². The number of nitrogens with one attached hydrogen (secondary N) is 3. The molecule has 1 aromatic heterocycles. The van der Waals surface area contributed by atoms with E-state index in [2.05, 4.69) is 32.8 Å². The molecule has 0 fully saturated rings. The molecule has 2 amide bonds. The van der Waals surface area contributed by atoms with E-state index in [1.807, 2.05) is 25.1 Å². The first-order valence-corrected chi connectivity index (χ1v) is 17.3. The number of benzene rings is 1. The molecule has 2 atom stereocenters. The second-order valence-electron chi connectivity index (χ2n) is 11.3. The number of rotatable bonds is 20. The molecule has 0 aliphatic rings. The second kappa shape index (κ2) is 18.1. The first-order chi connectivity index (χ1) is 21.2. The van der Waals surface area contributed by atoms with E-state index < -0.39 is 27.8 Å². The minimum atomic E-state index is -3.14. The van der Waals surface area contributed by atoms with Gasteiger partial charge in [0.25, 0.3) is 0 Å². The summed E-state index contributed by atoms with van der Waals surface area (Å²) in [6.07, 6.45) is 6.22. The summed E-state index contributed by atoms with van der Waals surface area (Å²) in [6, 6.07) is 4.47. The average Bonchev–Trinajstić information content (AvgIpc) is 2.94. The van der Waals surface area contributed by atoms with Crippen LogP contribution in [-0.2, 0) is 37.1 Å². The van der Waals surface area contributed by atoms with E-state index in [0.29, 0.717) is 49.5 Å². The lowest BCUT2D eigenvalue weighted by Gasteiger charge is -2.22. The zero-order valence-corrected chi connectivity index (χ0v) is 27.8. The van der Waals surface area contributed by atoms with Gasteiger partial charge in [-0.15, -0.1) is 0 Å². The predicted octanol–water partition coefficient (Wildman–Crippen LogP) is 2.79. The highest BCUT2D eigenvalue weighted by atomic mass is 32.2. The fourth-order valence-corrected chi connectivity index (χ4v) is 5.67. The van der Waals surface area contributed by atoms with Crippen molar-refractivity contribution >= 4 is 39.4 Å². The maximum atomic E-state index is 12.7. The first kappa shape index (κ1) is 37.2. The predicted molar refractivity (Wildman–Crippen MR) is 174 cm³/mol. The molecule has 0 unspecified atom stereocenters. The smallest absolute Gasteiger partial charge is 0.326 e. The monoisotopic (exact) mass is 648 g/mol. The number of sulfone groups is 1. The molecule has 2 aromatic rings. The van der Waals surface area contributed by atoms with Crippen molar-refractivity contribution in [3.8, 4) is 5.75 Å². The molecule has 0 bridgehead atoms. The lowest BCUT2D eigenvalue weighted by atomic mass is 9.99. The van der Waals surface area contributed by atoms with Crippen LogP contribution in [0, 0.1) is 6.92 Å². The highest BCUT2D eigenvalue weighted by Crippen LogP contribution is 2.29. The van der Waals surface area contributed by atoms with Crippen molar-refractivity contribution in [1.82, 2.24) is 20.6 Å². The van der Waals surface area contributed by atoms with Gasteiger partial charge in [0.1, 0.15) is 27.4 Å². The molecule has 0 spiro atoms. The van der Waals surface area contributed by atoms with E-state index in [1.54, 1.807) is 7.11 Å². The number of anilines is 2. The van der Waals surface area contributed by atoms with Crippen LogP contribution < -0.4 is 26.4 Å². The van der Waals surface area contributed by atoms with Gasteiger partial charge in [0.15, 0.2) is 0 Å². The van der Waals surface area contributed by atoms with Crippen LogP contribution in [0.15, 0.2) is 18.2 Å². The third kappa shape index (κ3) is 13.7. The number of carbonyl (C=O) groups is 3. The standard InChI is InChI=1S/C31H48N6O7S/c1-6-7-10-24(14-16-45(5,42)43)36-29-25(20(2)34-31(32)37-29)19-23-17-22(12-13-27(23)44-4)18-28(39)33-15-9-8-11-26(30(40)41)35-21(3)38/h12-13,17,24,26H,6-11,14-16,18-19H2,1-5H3,(H,33,39)(H,35,38)(H,40,41)(H3,32,34,36,37)/t24-,26-/m0/s1. The number of carboxylic acid groups (broad SMARTS) is 1. The molecule has 0 aliphatic carbocycles. The fraction of sp³-hybridized carbons (Fsp3) is 0.581. The van der Waals surface area contributed by atoms with E-state index in [9.17, 15) is 27.9 Å². The number of aryl methyl sites for hydroxylation is 1. The second-order valence-corrected chi connectivity index (χ2v) is 13.6. The van der Waals surface area contributed by atoms with Crippen LogP contribution in [0.2, 0.25) is 0 Å². The Balaban J connectivity index is 2.14. The number of aliphatic carboxylic acids is 1. The number of nitrogen functional groups attached to an aromatic ring is 1. The van der Waals surface area contributed by atoms with Crippen molar-refractivity contribution in [2.24, 2.45) is 0 Å². The van der Waals surface area contributed by atoms with Crippen molar-refractivity contribution in [2.45, 2.75) is 90.6 Å². The number of hydrogen-bond acceptors (Lipinski definition) is 10. The minimum Gasteiger partial charge on any atom is -0.496 e. The zero-order valence-electron chi connectivity index (χ0n) is 26.9. The average molecular weight is 649 g/mol. The Morgan fingerprint density at radius 2 is 1.82 bits per heavy atom. The minimum absolute atomic E-state index is 0.0567. The normalized spacial score (nSPS) is 12.6. The van der Waals surface area contributed by atoms with E-state index in [1.165, 1.54) is 13.2 Å². The Morgan fingerprint density at radius 3 is 2.44 bits per heavy atom. The molecular weight excluding hydrogens is 600 g/mol. The van der Waals surface area contributed by atoms with Gasteiger partial charge in [0, 0.05) is 43.4 Å². The van der Waals surface area contributed by atoms with Gasteiger partial charge in [0.2, 0.25) is 17.8 Å². The highest BCUT2D eigenvalue weighted by Gasteiger charge is 2.20. The number of nitrogens with two attached hydrogens (primary N) is 1. The van der Waals surface area contributed by atoms with Gasteiger partial charge in [-0.3, -0.25) is 9.59 Å². The molecule has 45 heavy (non-hydrogen) atoms. The Hall–Kier alpha value is -3.94. The summed E-state index contributed by atoms with van der Waals surface area (Å²) in [5.41, 5.74) is 9.08. The van der Waals surface area contributed by atoms with Crippen LogP contribution in [0.4, 0.5) is 11.8 Å². The van der Waals surface area contributed by atoms with E-state index in [0.717, 1.165) is 36.0 Å². The van der Waals surface area contributed by atoms with Crippen molar-refractivity contribution < 1.29 is 32.6 Å². The zero-order chi connectivity index (χ0) is 33.6. The SMILES string of the molecule is CCCC[C@@H](CCS(C)(=O)=O)Nc1nc(N)nc(C)c1Cc1cc(CC(=O)NCCCC[C@H](NC(C)=O)C(=O)O)ccc1OC. The maximum Gasteiger partial charge on any atom is 0.326 e. The summed E-state index contributed by atoms with van der Waals surface area (Å²) in [4.78, 5) is 44.0. The largest absolute Gasteiger partial charge is 0.496 e. The Morgan fingerprint density at radius 1 is 1.09 bits per heavy atom. The summed E-state index contributed by atoms with van der Waals surface area (Å²) in [6.45, 7) is 5.58.